The van der Waals surface area contributed by atoms with Gasteiger partial charge in [-0.25, -0.2) is 0 Å². The van der Waals surface area contributed by atoms with Crippen molar-refractivity contribution in [3.63, 3.8) is 0 Å². The summed E-state index contributed by atoms with van der Waals surface area (Å²) in [7, 11) is 1.77. The molecule has 0 aliphatic heterocycles. The molecular formula is C20H20N4O2. The smallest absolute Gasteiger partial charge is 0.259 e. The molecule has 1 heterocycles. The van der Waals surface area contributed by atoms with Crippen LogP contribution < -0.4 is 10.6 Å². The number of hydrogen-bond acceptors (Lipinski definition) is 3. The highest BCUT2D eigenvalue weighted by Crippen LogP contribution is 2.18. The van der Waals surface area contributed by atoms with Gasteiger partial charge in [-0.2, -0.15) is 5.10 Å². The van der Waals surface area contributed by atoms with E-state index in [0.717, 1.165) is 5.56 Å². The van der Waals surface area contributed by atoms with Gasteiger partial charge >= 0.3 is 0 Å². The second kappa shape index (κ2) is 7.23. The van der Waals surface area contributed by atoms with Crippen molar-refractivity contribution in [2.45, 2.75) is 13.8 Å². The van der Waals surface area contributed by atoms with E-state index >= 15 is 0 Å². The van der Waals surface area contributed by atoms with Gasteiger partial charge in [-0.1, -0.05) is 23.8 Å². The van der Waals surface area contributed by atoms with Gasteiger partial charge < -0.3 is 10.6 Å². The predicted molar refractivity (Wildman–Crippen MR) is 101 cm³/mol. The van der Waals surface area contributed by atoms with E-state index in [1.54, 1.807) is 61.2 Å². The molecule has 0 spiro atoms. The third kappa shape index (κ3) is 3.97. The molecule has 132 valence electrons. The number of aryl methyl sites for hydroxylation is 3. The first-order chi connectivity index (χ1) is 12.4. The van der Waals surface area contributed by atoms with Crippen LogP contribution in [0.5, 0.6) is 0 Å². The molecule has 0 fully saturated rings. The zero-order valence-electron chi connectivity index (χ0n) is 14.9. The largest absolute Gasteiger partial charge is 0.322 e. The molecule has 2 amide bonds. The van der Waals surface area contributed by atoms with Gasteiger partial charge in [0.2, 0.25) is 0 Å². The lowest BCUT2D eigenvalue weighted by atomic mass is 10.1. The summed E-state index contributed by atoms with van der Waals surface area (Å²) < 4.78 is 1.60. The Morgan fingerprint density at radius 2 is 1.54 bits per heavy atom. The van der Waals surface area contributed by atoms with Crippen molar-refractivity contribution in [2.24, 2.45) is 7.05 Å². The van der Waals surface area contributed by atoms with Crippen LogP contribution in [0.2, 0.25) is 0 Å². The topological polar surface area (TPSA) is 76.0 Å². The number of hydrogen-bond donors (Lipinski definition) is 2. The van der Waals surface area contributed by atoms with E-state index in [4.69, 9.17) is 0 Å². The SMILES string of the molecule is Cc1ccc(C(=O)Nc2cccc(NC(=O)c3cn(C)nc3C)c2)cc1. The van der Waals surface area contributed by atoms with Crippen molar-refractivity contribution in [3.05, 3.63) is 77.1 Å². The first kappa shape index (κ1) is 17.4. The molecule has 0 aliphatic rings. The Bertz CT molecular complexity index is 958. The summed E-state index contributed by atoms with van der Waals surface area (Å²) >= 11 is 0. The van der Waals surface area contributed by atoms with Crippen molar-refractivity contribution >= 4 is 23.2 Å². The van der Waals surface area contributed by atoms with E-state index in [9.17, 15) is 9.59 Å². The summed E-state index contributed by atoms with van der Waals surface area (Å²) in [6.45, 7) is 3.75. The maximum Gasteiger partial charge on any atom is 0.259 e. The van der Waals surface area contributed by atoms with Crippen LogP contribution in [0.15, 0.2) is 54.7 Å². The minimum Gasteiger partial charge on any atom is -0.322 e. The fraction of sp³-hybridized carbons (Fsp3) is 0.150. The molecule has 6 heteroatoms. The van der Waals surface area contributed by atoms with E-state index < -0.39 is 0 Å². The Morgan fingerprint density at radius 3 is 2.12 bits per heavy atom. The summed E-state index contributed by atoms with van der Waals surface area (Å²) in [4.78, 5) is 24.7. The summed E-state index contributed by atoms with van der Waals surface area (Å²) in [5.41, 5.74) is 4.06. The number of amides is 2. The zero-order chi connectivity index (χ0) is 18.7. The Labute approximate surface area is 151 Å². The first-order valence-electron chi connectivity index (χ1n) is 8.22. The average molecular weight is 348 g/mol. The summed E-state index contributed by atoms with van der Waals surface area (Å²) in [5, 5.41) is 9.84. The van der Waals surface area contributed by atoms with Crippen LogP contribution in [-0.2, 0) is 7.05 Å². The van der Waals surface area contributed by atoms with Crippen LogP contribution >= 0.6 is 0 Å². The molecule has 26 heavy (non-hydrogen) atoms. The zero-order valence-corrected chi connectivity index (χ0v) is 14.9. The van der Waals surface area contributed by atoms with Gasteiger partial charge in [0.1, 0.15) is 0 Å². The Morgan fingerprint density at radius 1 is 0.923 bits per heavy atom. The summed E-state index contributed by atoms with van der Waals surface area (Å²) in [5.74, 6) is -0.436. The molecule has 0 saturated carbocycles. The van der Waals surface area contributed by atoms with E-state index in [1.165, 1.54) is 0 Å². The molecule has 0 unspecified atom stereocenters. The number of rotatable bonds is 4. The first-order valence-corrected chi connectivity index (χ1v) is 8.22. The number of nitrogens with one attached hydrogen (secondary N) is 2. The minimum absolute atomic E-state index is 0.198. The fourth-order valence-electron chi connectivity index (χ4n) is 2.60. The molecule has 0 bridgehead atoms. The third-order valence-electron chi connectivity index (χ3n) is 3.95. The second-order valence-electron chi connectivity index (χ2n) is 6.16. The summed E-state index contributed by atoms with van der Waals surface area (Å²) in [6, 6.07) is 14.4. The highest BCUT2D eigenvalue weighted by Gasteiger charge is 2.13. The quantitative estimate of drug-likeness (QED) is 0.757. The van der Waals surface area contributed by atoms with Gasteiger partial charge in [0, 0.05) is 30.2 Å². The molecule has 3 rings (SSSR count). The Kier molecular flexibility index (Phi) is 4.84. The average Bonchev–Trinajstić information content (AvgIpc) is 2.94. The predicted octanol–water partition coefficient (Wildman–Crippen LogP) is 3.54. The highest BCUT2D eigenvalue weighted by atomic mass is 16.2. The van der Waals surface area contributed by atoms with E-state index in [1.807, 2.05) is 19.1 Å². The monoisotopic (exact) mass is 348 g/mol. The van der Waals surface area contributed by atoms with Crippen molar-refractivity contribution in [2.75, 3.05) is 10.6 Å². The number of nitrogens with zero attached hydrogens (tertiary/aromatic N) is 2. The van der Waals surface area contributed by atoms with Crippen molar-refractivity contribution in [1.29, 1.82) is 0 Å². The van der Waals surface area contributed by atoms with Crippen LogP contribution in [0.3, 0.4) is 0 Å². The maximum atomic E-state index is 12.4. The second-order valence-corrected chi connectivity index (χ2v) is 6.16. The minimum atomic E-state index is -0.238. The van der Waals surface area contributed by atoms with Gasteiger partial charge in [-0.3, -0.25) is 14.3 Å². The lowest BCUT2D eigenvalue weighted by molar-refractivity contribution is 0.101. The number of anilines is 2. The molecular weight excluding hydrogens is 328 g/mol. The molecule has 2 N–H and O–H groups in total. The molecule has 2 aromatic carbocycles. The normalized spacial score (nSPS) is 10.4. The third-order valence-corrected chi connectivity index (χ3v) is 3.95. The number of carbonyl (C=O) groups excluding carboxylic acids is 2. The standard InChI is InChI=1S/C20H20N4O2/c1-13-7-9-15(10-8-13)19(25)21-16-5-4-6-17(11-16)22-20(26)18-12-24(3)23-14(18)2/h4-12H,1-3H3,(H,21,25)(H,22,26). The van der Waals surface area contributed by atoms with Crippen LogP contribution in [0, 0.1) is 13.8 Å². The maximum absolute atomic E-state index is 12.4. The lowest BCUT2D eigenvalue weighted by Gasteiger charge is -2.09. The molecule has 3 aromatic rings. The van der Waals surface area contributed by atoms with E-state index in [0.29, 0.717) is 28.2 Å². The van der Waals surface area contributed by atoms with Gasteiger partial charge in [-0.05, 0) is 44.2 Å². The van der Waals surface area contributed by atoms with Crippen molar-refractivity contribution in [3.8, 4) is 0 Å². The van der Waals surface area contributed by atoms with Gasteiger partial charge in [0.25, 0.3) is 11.8 Å². The molecule has 0 saturated heterocycles. The van der Waals surface area contributed by atoms with Gasteiger partial charge in [0.05, 0.1) is 11.3 Å². The van der Waals surface area contributed by atoms with E-state index in [2.05, 4.69) is 15.7 Å². The van der Waals surface area contributed by atoms with Crippen LogP contribution in [0.1, 0.15) is 32.0 Å². The molecule has 0 atom stereocenters. The lowest BCUT2D eigenvalue weighted by Crippen LogP contribution is -2.14. The fourth-order valence-corrected chi connectivity index (χ4v) is 2.60. The summed E-state index contributed by atoms with van der Waals surface area (Å²) in [6.07, 6.45) is 1.67. The van der Waals surface area contributed by atoms with E-state index in [-0.39, 0.29) is 11.8 Å². The number of carbonyl (C=O) groups is 2. The molecule has 6 nitrogen and oxygen atoms in total. The number of benzene rings is 2. The van der Waals surface area contributed by atoms with Crippen molar-refractivity contribution in [1.82, 2.24) is 9.78 Å². The van der Waals surface area contributed by atoms with Crippen molar-refractivity contribution < 1.29 is 9.59 Å². The van der Waals surface area contributed by atoms with Crippen LogP contribution in [0.25, 0.3) is 0 Å². The van der Waals surface area contributed by atoms with Crippen LogP contribution in [0.4, 0.5) is 11.4 Å². The Hall–Kier alpha value is -3.41. The molecule has 0 radical (unpaired) electrons. The van der Waals surface area contributed by atoms with Crippen LogP contribution in [-0.4, -0.2) is 21.6 Å². The Balaban J connectivity index is 1.72. The van der Waals surface area contributed by atoms with Gasteiger partial charge in [-0.15, -0.1) is 0 Å². The van der Waals surface area contributed by atoms with Gasteiger partial charge in [0.15, 0.2) is 0 Å². The number of aromatic nitrogens is 2. The highest BCUT2D eigenvalue weighted by molar-refractivity contribution is 6.06. The molecule has 0 aliphatic carbocycles. The molecule has 1 aromatic heterocycles.